The predicted octanol–water partition coefficient (Wildman–Crippen LogP) is 2.12. The standard InChI is InChI=1S/C17H20FN3O4S/c1-11(22)20-9-14-10-21(17(23)25-14)13-2-3-15(16(18)8-13)12-4-6-26(19,24)7-5-12/h2-4,8,14,19H,5-7,9-10H2,1H3,(H,20,22). The lowest BCUT2D eigenvalue weighted by Crippen LogP contribution is -2.33. The third-order valence-corrected chi connectivity index (χ3v) is 5.93. The van der Waals surface area contributed by atoms with Crippen LogP contribution >= 0.6 is 0 Å². The monoisotopic (exact) mass is 381 g/mol. The maximum atomic E-state index is 14.6. The van der Waals surface area contributed by atoms with Gasteiger partial charge in [0.1, 0.15) is 11.9 Å². The zero-order valence-electron chi connectivity index (χ0n) is 14.3. The van der Waals surface area contributed by atoms with Gasteiger partial charge in [-0.3, -0.25) is 14.5 Å². The van der Waals surface area contributed by atoms with Crippen LogP contribution in [0.4, 0.5) is 14.9 Å². The van der Waals surface area contributed by atoms with Crippen LogP contribution in [0.2, 0.25) is 0 Å². The van der Waals surface area contributed by atoms with E-state index >= 15 is 0 Å². The summed E-state index contributed by atoms with van der Waals surface area (Å²) < 4.78 is 39.0. The number of anilines is 1. The fourth-order valence-corrected chi connectivity index (χ4v) is 4.16. The second-order valence-corrected chi connectivity index (χ2v) is 8.74. The zero-order valence-corrected chi connectivity index (χ0v) is 15.1. The second-order valence-electron chi connectivity index (χ2n) is 6.38. The van der Waals surface area contributed by atoms with E-state index in [0.717, 1.165) is 5.57 Å². The number of halogens is 1. The van der Waals surface area contributed by atoms with E-state index in [9.17, 15) is 18.2 Å². The van der Waals surface area contributed by atoms with Gasteiger partial charge in [-0.15, -0.1) is 0 Å². The molecule has 7 nitrogen and oxygen atoms in total. The van der Waals surface area contributed by atoms with Crippen molar-refractivity contribution in [2.75, 3.05) is 29.5 Å². The van der Waals surface area contributed by atoms with Crippen molar-refractivity contribution in [1.82, 2.24) is 5.32 Å². The van der Waals surface area contributed by atoms with Crippen LogP contribution in [0.3, 0.4) is 0 Å². The molecule has 1 aromatic carbocycles. The van der Waals surface area contributed by atoms with Crippen molar-refractivity contribution in [3.05, 3.63) is 35.7 Å². The van der Waals surface area contributed by atoms with Gasteiger partial charge in [0.2, 0.25) is 5.91 Å². The summed E-state index contributed by atoms with van der Waals surface area (Å²) in [4.78, 5) is 24.3. The normalized spacial score (nSPS) is 25.6. The lowest BCUT2D eigenvalue weighted by Gasteiger charge is -2.18. The molecule has 1 saturated heterocycles. The van der Waals surface area contributed by atoms with Crippen LogP contribution in [0, 0.1) is 10.6 Å². The molecule has 2 aliphatic rings. The molecule has 26 heavy (non-hydrogen) atoms. The fourth-order valence-electron chi connectivity index (χ4n) is 2.97. The van der Waals surface area contributed by atoms with E-state index in [-0.39, 0.29) is 30.5 Å². The minimum atomic E-state index is -2.58. The van der Waals surface area contributed by atoms with E-state index in [4.69, 9.17) is 9.52 Å². The summed E-state index contributed by atoms with van der Waals surface area (Å²) in [6.45, 7) is 1.81. The molecule has 1 fully saturated rings. The molecule has 140 valence electrons. The summed E-state index contributed by atoms with van der Waals surface area (Å²) in [5.74, 6) is -0.340. The quantitative estimate of drug-likeness (QED) is 0.834. The molecular weight excluding hydrogens is 361 g/mol. The lowest BCUT2D eigenvalue weighted by atomic mass is 10.0. The Kier molecular flexibility index (Phi) is 4.99. The number of allylic oxidation sites excluding steroid dienone is 1. The molecule has 0 saturated carbocycles. The van der Waals surface area contributed by atoms with Gasteiger partial charge in [0.05, 0.1) is 24.5 Å². The van der Waals surface area contributed by atoms with Crippen molar-refractivity contribution >= 4 is 33.0 Å². The molecule has 0 aliphatic carbocycles. The Hall–Kier alpha value is -2.42. The van der Waals surface area contributed by atoms with Gasteiger partial charge in [-0.25, -0.2) is 13.4 Å². The van der Waals surface area contributed by atoms with Gasteiger partial charge in [0.25, 0.3) is 0 Å². The summed E-state index contributed by atoms with van der Waals surface area (Å²) in [6.07, 6.45) is 0.979. The Bertz CT molecular complexity index is 882. The number of rotatable bonds is 4. The fraction of sp³-hybridized carbons (Fsp3) is 0.412. The topological polar surface area (TPSA) is 99.6 Å². The molecule has 3 rings (SSSR count). The summed E-state index contributed by atoms with van der Waals surface area (Å²) in [5.41, 5.74) is 1.50. The van der Waals surface area contributed by atoms with Gasteiger partial charge in [-0.05, 0) is 30.2 Å². The molecule has 2 aliphatic heterocycles. The van der Waals surface area contributed by atoms with E-state index in [1.807, 2.05) is 0 Å². The molecule has 2 heterocycles. The van der Waals surface area contributed by atoms with Crippen molar-refractivity contribution in [2.45, 2.75) is 19.4 Å². The van der Waals surface area contributed by atoms with Gasteiger partial charge in [0, 0.05) is 28.0 Å². The summed E-state index contributed by atoms with van der Waals surface area (Å²) in [7, 11) is -2.58. The SMILES string of the molecule is CC(=O)NCC1CN(c2ccc(C3=CCS(=N)(=O)CC3)c(F)c2)C(=O)O1. The number of carbonyl (C=O) groups is 2. The number of cyclic esters (lactones) is 1. The number of hydrogen-bond donors (Lipinski definition) is 2. The number of hydrogen-bond acceptors (Lipinski definition) is 5. The molecule has 0 spiro atoms. The number of nitrogens with zero attached hydrogens (tertiary/aromatic N) is 1. The highest BCUT2D eigenvalue weighted by Crippen LogP contribution is 2.30. The van der Waals surface area contributed by atoms with Gasteiger partial charge >= 0.3 is 6.09 Å². The number of ether oxygens (including phenoxy) is 1. The highest BCUT2D eigenvalue weighted by Gasteiger charge is 2.32. The van der Waals surface area contributed by atoms with Crippen molar-refractivity contribution in [3.8, 4) is 0 Å². The molecular formula is C17H20FN3O4S. The molecule has 0 bridgehead atoms. The Balaban J connectivity index is 1.75. The van der Waals surface area contributed by atoms with E-state index in [1.165, 1.54) is 17.9 Å². The minimum absolute atomic E-state index is 0.132. The molecule has 1 aromatic rings. The van der Waals surface area contributed by atoms with Crippen LogP contribution in [0.15, 0.2) is 24.3 Å². The first-order chi connectivity index (χ1) is 12.2. The van der Waals surface area contributed by atoms with Crippen molar-refractivity contribution in [1.29, 1.82) is 4.78 Å². The maximum Gasteiger partial charge on any atom is 0.414 e. The lowest BCUT2D eigenvalue weighted by molar-refractivity contribution is -0.119. The van der Waals surface area contributed by atoms with Crippen LogP contribution in [-0.2, 0) is 19.3 Å². The van der Waals surface area contributed by atoms with Gasteiger partial charge in [0.15, 0.2) is 0 Å². The summed E-state index contributed by atoms with van der Waals surface area (Å²) in [5, 5.41) is 2.59. The van der Waals surface area contributed by atoms with Crippen LogP contribution in [0.5, 0.6) is 0 Å². The second kappa shape index (κ2) is 7.06. The first kappa shape index (κ1) is 18.4. The zero-order chi connectivity index (χ0) is 18.9. The summed E-state index contributed by atoms with van der Waals surface area (Å²) in [6, 6.07) is 4.49. The largest absolute Gasteiger partial charge is 0.442 e. The van der Waals surface area contributed by atoms with Crippen LogP contribution in [-0.4, -0.2) is 46.9 Å². The summed E-state index contributed by atoms with van der Waals surface area (Å²) >= 11 is 0. The van der Waals surface area contributed by atoms with Crippen LogP contribution < -0.4 is 10.2 Å². The molecule has 2 unspecified atom stereocenters. The van der Waals surface area contributed by atoms with Gasteiger partial charge in [-0.1, -0.05) is 6.08 Å². The number of nitrogens with one attached hydrogen (secondary N) is 2. The molecule has 2 amide bonds. The minimum Gasteiger partial charge on any atom is -0.442 e. The van der Waals surface area contributed by atoms with Crippen molar-refractivity contribution in [2.24, 2.45) is 0 Å². The molecule has 0 radical (unpaired) electrons. The predicted molar refractivity (Wildman–Crippen MR) is 95.9 cm³/mol. The smallest absolute Gasteiger partial charge is 0.414 e. The molecule has 0 aromatic heterocycles. The van der Waals surface area contributed by atoms with Gasteiger partial charge < -0.3 is 10.1 Å². The van der Waals surface area contributed by atoms with E-state index in [1.54, 1.807) is 18.2 Å². The van der Waals surface area contributed by atoms with Crippen LogP contribution in [0.1, 0.15) is 18.9 Å². The number of carbonyl (C=O) groups excluding carboxylic acids is 2. The van der Waals surface area contributed by atoms with Crippen molar-refractivity contribution in [3.63, 3.8) is 0 Å². The van der Waals surface area contributed by atoms with Crippen LogP contribution in [0.25, 0.3) is 5.57 Å². The highest BCUT2D eigenvalue weighted by atomic mass is 32.2. The van der Waals surface area contributed by atoms with Crippen molar-refractivity contribution < 1.29 is 22.9 Å². The Morgan fingerprint density at radius 3 is 2.88 bits per heavy atom. The Morgan fingerprint density at radius 2 is 2.27 bits per heavy atom. The Labute approximate surface area is 151 Å². The van der Waals surface area contributed by atoms with E-state index < -0.39 is 27.7 Å². The third kappa shape index (κ3) is 4.04. The molecule has 2 atom stereocenters. The first-order valence-corrected chi connectivity index (χ1v) is 10.1. The number of benzene rings is 1. The number of amides is 2. The molecule has 2 N–H and O–H groups in total. The maximum absolute atomic E-state index is 14.6. The van der Waals surface area contributed by atoms with Gasteiger partial charge in [-0.2, -0.15) is 0 Å². The first-order valence-electron chi connectivity index (χ1n) is 8.21. The Morgan fingerprint density at radius 1 is 1.50 bits per heavy atom. The third-order valence-electron chi connectivity index (χ3n) is 4.36. The van der Waals surface area contributed by atoms with E-state index in [2.05, 4.69) is 5.32 Å². The average molecular weight is 381 g/mol. The van der Waals surface area contributed by atoms with E-state index in [0.29, 0.717) is 17.7 Å². The average Bonchev–Trinajstić information content (AvgIpc) is 2.94. The highest BCUT2D eigenvalue weighted by molar-refractivity contribution is 7.92. The molecule has 9 heteroatoms.